The summed E-state index contributed by atoms with van der Waals surface area (Å²) in [6.45, 7) is 3.61. The van der Waals surface area contributed by atoms with E-state index in [1.807, 2.05) is 25.1 Å². The lowest BCUT2D eigenvalue weighted by Gasteiger charge is -2.20. The highest BCUT2D eigenvalue weighted by atomic mass is 16.5. The molecule has 0 spiro atoms. The van der Waals surface area contributed by atoms with Gasteiger partial charge in [-0.3, -0.25) is 4.79 Å². The molecule has 23 heavy (non-hydrogen) atoms. The summed E-state index contributed by atoms with van der Waals surface area (Å²) in [7, 11) is 3.29. The first-order valence-electron chi connectivity index (χ1n) is 8.04. The lowest BCUT2D eigenvalue weighted by molar-refractivity contribution is -0.121. The summed E-state index contributed by atoms with van der Waals surface area (Å²) in [5, 5.41) is 3.09. The van der Waals surface area contributed by atoms with Crippen LogP contribution in [-0.4, -0.2) is 45.3 Å². The number of hydrogen-bond acceptors (Lipinski definition) is 5. The highest BCUT2D eigenvalue weighted by Crippen LogP contribution is 2.30. The molecule has 1 aliphatic rings. The molecule has 1 aromatic rings. The van der Waals surface area contributed by atoms with Gasteiger partial charge in [0, 0.05) is 55.5 Å². The number of amides is 1. The maximum absolute atomic E-state index is 11.9. The van der Waals surface area contributed by atoms with Crippen LogP contribution in [0.4, 0.5) is 5.69 Å². The molecule has 0 aromatic heterocycles. The normalized spacial score (nSPS) is 18.6. The second-order valence-corrected chi connectivity index (χ2v) is 6.09. The Morgan fingerprint density at radius 2 is 2.00 bits per heavy atom. The van der Waals surface area contributed by atoms with Gasteiger partial charge in [-0.25, -0.2) is 0 Å². The van der Waals surface area contributed by atoms with Crippen molar-refractivity contribution in [2.75, 3.05) is 32.2 Å². The van der Waals surface area contributed by atoms with Crippen molar-refractivity contribution < 1.29 is 14.3 Å². The standard InChI is InChI=1S/C17H27N3O3/c1-12(18)4-5-17(21)19-13-6-7-20(11-13)14-8-15(22-2)10-16(9-14)23-3/h8-10,12-13H,4-7,11,18H2,1-3H3,(H,19,21). The van der Waals surface area contributed by atoms with E-state index in [4.69, 9.17) is 15.2 Å². The minimum atomic E-state index is 0.0603. The first-order chi connectivity index (χ1) is 11.0. The predicted octanol–water partition coefficient (Wildman–Crippen LogP) is 1.53. The zero-order valence-electron chi connectivity index (χ0n) is 14.2. The van der Waals surface area contributed by atoms with Crippen LogP contribution in [0.15, 0.2) is 18.2 Å². The molecule has 2 atom stereocenters. The Kier molecular flexibility index (Phi) is 6.10. The fourth-order valence-corrected chi connectivity index (χ4v) is 2.75. The van der Waals surface area contributed by atoms with Crippen LogP contribution in [0.1, 0.15) is 26.2 Å². The van der Waals surface area contributed by atoms with Gasteiger partial charge in [0.25, 0.3) is 0 Å². The van der Waals surface area contributed by atoms with E-state index >= 15 is 0 Å². The van der Waals surface area contributed by atoms with Gasteiger partial charge in [0.2, 0.25) is 5.91 Å². The third kappa shape index (κ3) is 5.03. The van der Waals surface area contributed by atoms with Crippen LogP contribution in [-0.2, 0) is 4.79 Å². The van der Waals surface area contributed by atoms with Gasteiger partial charge < -0.3 is 25.4 Å². The van der Waals surface area contributed by atoms with Gasteiger partial charge in [-0.1, -0.05) is 0 Å². The molecular weight excluding hydrogens is 294 g/mol. The van der Waals surface area contributed by atoms with E-state index in [0.29, 0.717) is 6.42 Å². The molecule has 3 N–H and O–H groups in total. The molecule has 2 unspecified atom stereocenters. The number of carbonyl (C=O) groups is 1. The average molecular weight is 321 g/mol. The van der Waals surface area contributed by atoms with Crippen molar-refractivity contribution in [3.8, 4) is 11.5 Å². The number of anilines is 1. The number of benzene rings is 1. The molecule has 0 aliphatic carbocycles. The number of methoxy groups -OCH3 is 2. The summed E-state index contributed by atoms with van der Waals surface area (Å²) >= 11 is 0. The number of hydrogen-bond donors (Lipinski definition) is 2. The topological polar surface area (TPSA) is 76.8 Å². The van der Waals surface area contributed by atoms with Crippen molar-refractivity contribution in [3.05, 3.63) is 18.2 Å². The van der Waals surface area contributed by atoms with Crippen LogP contribution in [0.2, 0.25) is 0 Å². The maximum Gasteiger partial charge on any atom is 0.220 e. The van der Waals surface area contributed by atoms with Crippen molar-refractivity contribution in [2.24, 2.45) is 5.73 Å². The Labute approximate surface area is 137 Å². The number of nitrogens with zero attached hydrogens (tertiary/aromatic N) is 1. The first kappa shape index (κ1) is 17.4. The predicted molar refractivity (Wildman–Crippen MR) is 91.2 cm³/mol. The summed E-state index contributed by atoms with van der Waals surface area (Å²) in [5.41, 5.74) is 6.74. The molecule has 1 fully saturated rings. The summed E-state index contributed by atoms with van der Waals surface area (Å²) in [6.07, 6.45) is 2.14. The highest BCUT2D eigenvalue weighted by molar-refractivity contribution is 5.76. The molecule has 0 radical (unpaired) electrons. The zero-order valence-corrected chi connectivity index (χ0v) is 14.2. The van der Waals surface area contributed by atoms with Gasteiger partial charge in [0.15, 0.2) is 0 Å². The summed E-state index contributed by atoms with van der Waals surface area (Å²) < 4.78 is 10.6. The fourth-order valence-electron chi connectivity index (χ4n) is 2.75. The van der Waals surface area contributed by atoms with Gasteiger partial charge in [0.1, 0.15) is 11.5 Å². The van der Waals surface area contributed by atoms with Crippen molar-refractivity contribution in [1.82, 2.24) is 5.32 Å². The highest BCUT2D eigenvalue weighted by Gasteiger charge is 2.24. The number of nitrogens with one attached hydrogen (secondary N) is 1. The van der Waals surface area contributed by atoms with Crippen LogP contribution in [0.5, 0.6) is 11.5 Å². The second kappa shape index (κ2) is 8.06. The van der Waals surface area contributed by atoms with Gasteiger partial charge in [-0.2, -0.15) is 0 Å². The molecule has 2 rings (SSSR count). The second-order valence-electron chi connectivity index (χ2n) is 6.09. The molecule has 0 bridgehead atoms. The van der Waals surface area contributed by atoms with E-state index < -0.39 is 0 Å². The number of carbonyl (C=O) groups excluding carboxylic acids is 1. The quantitative estimate of drug-likeness (QED) is 0.796. The summed E-state index contributed by atoms with van der Waals surface area (Å²) in [4.78, 5) is 14.2. The molecular formula is C17H27N3O3. The Morgan fingerprint density at radius 1 is 1.35 bits per heavy atom. The minimum absolute atomic E-state index is 0.0603. The van der Waals surface area contributed by atoms with Crippen LogP contribution in [0.25, 0.3) is 0 Å². The smallest absolute Gasteiger partial charge is 0.220 e. The van der Waals surface area contributed by atoms with Crippen molar-refractivity contribution in [2.45, 2.75) is 38.3 Å². The van der Waals surface area contributed by atoms with E-state index in [2.05, 4.69) is 10.2 Å². The van der Waals surface area contributed by atoms with Gasteiger partial charge >= 0.3 is 0 Å². The van der Waals surface area contributed by atoms with Crippen LogP contribution in [0.3, 0.4) is 0 Å². The molecule has 1 heterocycles. The number of ether oxygens (including phenoxy) is 2. The van der Waals surface area contributed by atoms with Crippen LogP contribution in [0, 0.1) is 0 Å². The Hall–Kier alpha value is -1.95. The van der Waals surface area contributed by atoms with Gasteiger partial charge in [0.05, 0.1) is 14.2 Å². The largest absolute Gasteiger partial charge is 0.497 e. The third-order valence-electron chi connectivity index (χ3n) is 4.08. The molecule has 1 aliphatic heterocycles. The first-order valence-corrected chi connectivity index (χ1v) is 8.04. The van der Waals surface area contributed by atoms with E-state index in [1.54, 1.807) is 14.2 Å². The molecule has 6 heteroatoms. The maximum atomic E-state index is 11.9. The van der Waals surface area contributed by atoms with E-state index in [-0.39, 0.29) is 18.0 Å². The average Bonchev–Trinajstić information content (AvgIpc) is 3.00. The molecule has 0 saturated carbocycles. The van der Waals surface area contributed by atoms with Crippen LogP contribution < -0.4 is 25.4 Å². The molecule has 1 amide bonds. The Balaban J connectivity index is 1.93. The zero-order chi connectivity index (χ0) is 16.8. The van der Waals surface area contributed by atoms with Gasteiger partial charge in [-0.15, -0.1) is 0 Å². The van der Waals surface area contributed by atoms with Crippen LogP contribution >= 0.6 is 0 Å². The number of rotatable bonds is 7. The monoisotopic (exact) mass is 321 g/mol. The van der Waals surface area contributed by atoms with Crippen molar-refractivity contribution in [1.29, 1.82) is 0 Å². The SMILES string of the molecule is COc1cc(OC)cc(N2CCC(NC(=O)CCC(C)N)C2)c1. The molecule has 128 valence electrons. The minimum Gasteiger partial charge on any atom is -0.497 e. The van der Waals surface area contributed by atoms with Crippen molar-refractivity contribution in [3.63, 3.8) is 0 Å². The summed E-state index contributed by atoms with van der Waals surface area (Å²) in [6, 6.07) is 6.07. The van der Waals surface area contributed by atoms with E-state index in [1.165, 1.54) is 0 Å². The van der Waals surface area contributed by atoms with Crippen molar-refractivity contribution >= 4 is 11.6 Å². The van der Waals surface area contributed by atoms with Gasteiger partial charge in [-0.05, 0) is 19.8 Å². The molecule has 1 aromatic carbocycles. The fraction of sp³-hybridized carbons (Fsp3) is 0.588. The lowest BCUT2D eigenvalue weighted by Crippen LogP contribution is -2.37. The Morgan fingerprint density at radius 3 is 2.57 bits per heavy atom. The third-order valence-corrected chi connectivity index (χ3v) is 4.08. The Bertz CT molecular complexity index is 512. The number of nitrogens with two attached hydrogens (primary N) is 1. The molecule has 6 nitrogen and oxygen atoms in total. The van der Waals surface area contributed by atoms with E-state index in [9.17, 15) is 4.79 Å². The molecule has 1 saturated heterocycles. The van der Waals surface area contributed by atoms with E-state index in [0.717, 1.165) is 43.1 Å². The lowest BCUT2D eigenvalue weighted by atomic mass is 10.2. The summed E-state index contributed by atoms with van der Waals surface area (Å²) in [5.74, 6) is 1.62.